The molecule has 35 heavy (non-hydrogen) atoms. The highest BCUT2D eigenvalue weighted by Gasteiger charge is 2.47. The number of ketones is 1. The Morgan fingerprint density at radius 2 is 1.91 bits per heavy atom. The van der Waals surface area contributed by atoms with Crippen molar-refractivity contribution in [3.05, 3.63) is 81.5 Å². The Balaban J connectivity index is 1.40. The maximum atomic E-state index is 13.5. The van der Waals surface area contributed by atoms with Gasteiger partial charge in [0.15, 0.2) is 0 Å². The van der Waals surface area contributed by atoms with Crippen molar-refractivity contribution in [2.24, 2.45) is 5.92 Å². The van der Waals surface area contributed by atoms with Gasteiger partial charge >= 0.3 is 0 Å². The minimum absolute atomic E-state index is 0.0534. The summed E-state index contributed by atoms with van der Waals surface area (Å²) in [4.78, 5) is 27.7. The molecule has 2 N–H and O–H groups in total. The van der Waals surface area contributed by atoms with Crippen LogP contribution in [0.5, 0.6) is 0 Å². The fourth-order valence-electron chi connectivity index (χ4n) is 4.75. The molecule has 2 aromatic carbocycles. The number of halogens is 1. The summed E-state index contributed by atoms with van der Waals surface area (Å²) in [5.74, 6) is -0.650. The van der Waals surface area contributed by atoms with E-state index < -0.39 is 11.5 Å². The van der Waals surface area contributed by atoms with Gasteiger partial charge in [-0.15, -0.1) is 11.8 Å². The molecule has 2 saturated heterocycles. The first-order valence-corrected chi connectivity index (χ1v) is 14.1. The van der Waals surface area contributed by atoms with Crippen LogP contribution in [-0.4, -0.2) is 36.7 Å². The summed E-state index contributed by atoms with van der Waals surface area (Å²) in [6, 6.07) is 17.9. The quantitative estimate of drug-likeness (QED) is 0.304. The lowest BCUT2D eigenvalue weighted by Gasteiger charge is -2.40. The van der Waals surface area contributed by atoms with Gasteiger partial charge in [-0.3, -0.25) is 9.59 Å². The Morgan fingerprint density at radius 1 is 1.09 bits per heavy atom. The highest BCUT2D eigenvalue weighted by atomic mass is 35.5. The molecule has 3 heterocycles. The van der Waals surface area contributed by atoms with E-state index in [9.17, 15) is 9.59 Å². The highest BCUT2D eigenvalue weighted by molar-refractivity contribution is 7.99. The van der Waals surface area contributed by atoms with Crippen LogP contribution in [0.4, 0.5) is 5.69 Å². The van der Waals surface area contributed by atoms with Crippen LogP contribution in [0.1, 0.15) is 30.4 Å². The predicted octanol–water partition coefficient (Wildman–Crippen LogP) is 5.73. The van der Waals surface area contributed by atoms with Gasteiger partial charge in [-0.25, -0.2) is 0 Å². The lowest BCUT2D eigenvalue weighted by Crippen LogP contribution is -2.57. The van der Waals surface area contributed by atoms with Crippen LogP contribution < -0.4 is 10.6 Å². The molecule has 2 fully saturated rings. The Labute approximate surface area is 218 Å². The molecule has 2 aliphatic heterocycles. The number of thiophene rings is 1. The largest absolute Gasteiger partial charge is 0.382 e. The summed E-state index contributed by atoms with van der Waals surface area (Å²) in [5, 5.41) is 11.5. The monoisotopic (exact) mass is 526 g/mol. The normalized spacial score (nSPS) is 23.2. The Bertz CT molecular complexity index is 1180. The highest BCUT2D eigenvalue weighted by Crippen LogP contribution is 2.40. The molecule has 182 valence electrons. The van der Waals surface area contributed by atoms with E-state index in [1.807, 2.05) is 59.3 Å². The molecule has 1 amide bonds. The molecular weight excluding hydrogens is 500 g/mol. The zero-order valence-electron chi connectivity index (χ0n) is 19.2. The van der Waals surface area contributed by atoms with Gasteiger partial charge in [0.2, 0.25) is 5.91 Å². The first-order valence-electron chi connectivity index (χ1n) is 11.7. The number of piperidine rings is 1. The molecule has 5 rings (SSSR count). The number of benzene rings is 2. The standard InChI is InChI=1S/C27H27ClN2O3S2/c28-23-6-1-2-7-25(23)35-17-22-24(31)15-27(30-26(22)32,19-10-13-34-16-19)18-4-3-5-21(14-18)29-20-8-11-33-12-9-20/h1-7,10,13-14,16,20,22,29H,8-9,11-12,15,17H2,(H,30,32). The van der Waals surface area contributed by atoms with Crippen molar-refractivity contribution < 1.29 is 14.3 Å². The molecule has 3 aromatic rings. The topological polar surface area (TPSA) is 67.4 Å². The Morgan fingerprint density at radius 3 is 2.66 bits per heavy atom. The molecule has 0 radical (unpaired) electrons. The summed E-state index contributed by atoms with van der Waals surface area (Å²) >= 11 is 9.28. The molecule has 0 aliphatic carbocycles. The number of carbonyl (C=O) groups excluding carboxylic acids is 2. The number of thioether (sulfide) groups is 1. The fraction of sp³-hybridized carbons (Fsp3) is 0.333. The molecule has 0 saturated carbocycles. The van der Waals surface area contributed by atoms with Gasteiger partial charge in [-0.2, -0.15) is 11.3 Å². The van der Waals surface area contributed by atoms with Crippen molar-refractivity contribution in [3.63, 3.8) is 0 Å². The van der Waals surface area contributed by atoms with E-state index in [1.54, 1.807) is 11.3 Å². The van der Waals surface area contributed by atoms with Crippen molar-refractivity contribution in [2.45, 2.75) is 35.7 Å². The average molecular weight is 527 g/mol. The summed E-state index contributed by atoms with van der Waals surface area (Å²) in [6.07, 6.45) is 2.13. The van der Waals surface area contributed by atoms with Crippen LogP contribution >= 0.6 is 34.7 Å². The van der Waals surface area contributed by atoms with Crippen LogP contribution in [0.3, 0.4) is 0 Å². The van der Waals surface area contributed by atoms with Crippen molar-refractivity contribution in [2.75, 3.05) is 24.3 Å². The third kappa shape index (κ3) is 5.28. The van der Waals surface area contributed by atoms with Crippen LogP contribution in [0.25, 0.3) is 0 Å². The first kappa shape index (κ1) is 24.4. The number of hydrogen-bond donors (Lipinski definition) is 2. The smallest absolute Gasteiger partial charge is 0.232 e. The van der Waals surface area contributed by atoms with Crippen molar-refractivity contribution in [1.82, 2.24) is 5.32 Å². The van der Waals surface area contributed by atoms with Crippen molar-refractivity contribution in [1.29, 1.82) is 0 Å². The summed E-state index contributed by atoms with van der Waals surface area (Å²) in [6.45, 7) is 1.52. The third-order valence-corrected chi connectivity index (χ3v) is 8.98. The number of Topliss-reactive ketones (excluding diaryl/α,β-unsaturated/α-hetero) is 1. The van der Waals surface area contributed by atoms with E-state index in [-0.39, 0.29) is 18.1 Å². The molecule has 2 unspecified atom stereocenters. The van der Waals surface area contributed by atoms with E-state index in [4.69, 9.17) is 16.3 Å². The van der Waals surface area contributed by atoms with Gasteiger partial charge < -0.3 is 15.4 Å². The summed E-state index contributed by atoms with van der Waals surface area (Å²) in [7, 11) is 0. The number of ether oxygens (including phenoxy) is 1. The Hall–Kier alpha value is -2.32. The molecule has 0 spiro atoms. The number of hydrogen-bond acceptors (Lipinski definition) is 6. The van der Waals surface area contributed by atoms with Gasteiger partial charge in [0.25, 0.3) is 0 Å². The van der Waals surface area contributed by atoms with Crippen LogP contribution in [-0.2, 0) is 19.9 Å². The zero-order valence-corrected chi connectivity index (χ0v) is 21.6. The molecule has 8 heteroatoms. The predicted molar refractivity (Wildman–Crippen MR) is 142 cm³/mol. The molecule has 2 atom stereocenters. The summed E-state index contributed by atoms with van der Waals surface area (Å²) in [5.41, 5.74) is 1.95. The van der Waals surface area contributed by atoms with Crippen LogP contribution in [0, 0.1) is 5.92 Å². The van der Waals surface area contributed by atoms with E-state index in [2.05, 4.69) is 16.7 Å². The van der Waals surface area contributed by atoms with E-state index in [0.717, 1.165) is 47.8 Å². The van der Waals surface area contributed by atoms with Gasteiger partial charge in [0, 0.05) is 42.0 Å². The number of amides is 1. The molecule has 2 aliphatic rings. The maximum Gasteiger partial charge on any atom is 0.232 e. The Kier molecular flexibility index (Phi) is 7.48. The summed E-state index contributed by atoms with van der Waals surface area (Å²) < 4.78 is 5.48. The molecular formula is C27H27ClN2O3S2. The molecule has 0 bridgehead atoms. The van der Waals surface area contributed by atoms with E-state index >= 15 is 0 Å². The first-order chi connectivity index (χ1) is 17.0. The van der Waals surface area contributed by atoms with Gasteiger partial charge in [-0.1, -0.05) is 35.9 Å². The lowest BCUT2D eigenvalue weighted by molar-refractivity contribution is -0.138. The number of carbonyl (C=O) groups is 2. The number of nitrogens with one attached hydrogen (secondary N) is 2. The lowest BCUT2D eigenvalue weighted by atomic mass is 9.75. The van der Waals surface area contributed by atoms with Crippen LogP contribution in [0.15, 0.2) is 70.3 Å². The van der Waals surface area contributed by atoms with E-state index in [0.29, 0.717) is 16.8 Å². The van der Waals surface area contributed by atoms with Crippen molar-refractivity contribution in [3.8, 4) is 0 Å². The molecule has 5 nitrogen and oxygen atoms in total. The number of rotatable bonds is 7. The van der Waals surface area contributed by atoms with Gasteiger partial charge in [-0.05, 0) is 65.1 Å². The maximum absolute atomic E-state index is 13.5. The number of anilines is 1. The van der Waals surface area contributed by atoms with Crippen molar-refractivity contribution >= 4 is 52.1 Å². The minimum Gasteiger partial charge on any atom is -0.382 e. The minimum atomic E-state index is -0.882. The van der Waals surface area contributed by atoms with Crippen LogP contribution in [0.2, 0.25) is 5.02 Å². The second-order valence-electron chi connectivity index (χ2n) is 8.96. The van der Waals surface area contributed by atoms with E-state index in [1.165, 1.54) is 11.8 Å². The zero-order chi connectivity index (χ0) is 24.3. The average Bonchev–Trinajstić information content (AvgIpc) is 3.41. The molecule has 1 aromatic heterocycles. The fourth-order valence-corrected chi connectivity index (χ4v) is 6.84. The van der Waals surface area contributed by atoms with Gasteiger partial charge in [0.05, 0.1) is 10.6 Å². The second kappa shape index (κ2) is 10.7. The third-order valence-electron chi connectivity index (χ3n) is 6.68. The van der Waals surface area contributed by atoms with Gasteiger partial charge in [0.1, 0.15) is 11.7 Å². The second-order valence-corrected chi connectivity index (χ2v) is 11.2. The SMILES string of the molecule is O=C1CC(c2ccsc2)(c2cccc(NC3CCOCC3)c2)NC(=O)C1CSc1ccccc1Cl.